The lowest BCUT2D eigenvalue weighted by Gasteiger charge is -2.13. The van der Waals surface area contributed by atoms with Gasteiger partial charge in [-0.05, 0) is 53.2 Å². The molecular formula is C24H20N2O5. The second-order valence-electron chi connectivity index (χ2n) is 6.69. The molecule has 156 valence electrons. The molecule has 7 nitrogen and oxygen atoms in total. The molecule has 4 aromatic rings. The Balaban J connectivity index is 1.41. The fourth-order valence-corrected chi connectivity index (χ4v) is 3.08. The summed E-state index contributed by atoms with van der Waals surface area (Å²) in [5.74, 6) is 0.480. The first kappa shape index (κ1) is 20.0. The molecule has 0 bridgehead atoms. The monoisotopic (exact) mass is 416 g/mol. The predicted molar refractivity (Wildman–Crippen MR) is 118 cm³/mol. The van der Waals surface area contributed by atoms with Gasteiger partial charge in [-0.1, -0.05) is 30.3 Å². The quantitative estimate of drug-likeness (QED) is 0.455. The Kier molecular flexibility index (Phi) is 5.84. The topological polar surface area (TPSA) is 89.8 Å². The maximum atomic E-state index is 12.4. The van der Waals surface area contributed by atoms with Crippen LogP contribution in [-0.2, 0) is 4.79 Å². The van der Waals surface area contributed by atoms with Crippen molar-refractivity contribution < 1.29 is 23.5 Å². The van der Waals surface area contributed by atoms with Crippen LogP contribution >= 0.6 is 0 Å². The van der Waals surface area contributed by atoms with E-state index in [4.69, 9.17) is 13.9 Å². The van der Waals surface area contributed by atoms with Crippen molar-refractivity contribution in [2.45, 2.75) is 0 Å². The zero-order valence-electron chi connectivity index (χ0n) is 16.8. The van der Waals surface area contributed by atoms with Gasteiger partial charge in [-0.15, -0.1) is 0 Å². The first-order valence-corrected chi connectivity index (χ1v) is 9.57. The molecular weight excluding hydrogens is 396 g/mol. The van der Waals surface area contributed by atoms with E-state index < -0.39 is 5.91 Å². The van der Waals surface area contributed by atoms with Gasteiger partial charge in [0, 0.05) is 5.69 Å². The Morgan fingerprint density at radius 3 is 2.52 bits per heavy atom. The summed E-state index contributed by atoms with van der Waals surface area (Å²) >= 11 is 0. The molecule has 2 amide bonds. The van der Waals surface area contributed by atoms with Crippen molar-refractivity contribution in [1.29, 1.82) is 0 Å². The van der Waals surface area contributed by atoms with E-state index in [1.807, 2.05) is 42.5 Å². The molecule has 4 rings (SSSR count). The van der Waals surface area contributed by atoms with Crippen LogP contribution in [0, 0.1) is 0 Å². The van der Waals surface area contributed by atoms with Gasteiger partial charge in [0.15, 0.2) is 12.4 Å². The Morgan fingerprint density at radius 2 is 1.74 bits per heavy atom. The highest BCUT2D eigenvalue weighted by atomic mass is 16.5. The lowest BCUT2D eigenvalue weighted by Crippen LogP contribution is -2.20. The van der Waals surface area contributed by atoms with Gasteiger partial charge in [0.05, 0.1) is 19.1 Å². The van der Waals surface area contributed by atoms with Crippen LogP contribution in [-0.4, -0.2) is 25.5 Å². The number of fused-ring (bicyclic) bond motifs is 1. The minimum absolute atomic E-state index is 0.176. The van der Waals surface area contributed by atoms with Crippen LogP contribution < -0.4 is 20.1 Å². The van der Waals surface area contributed by atoms with Crippen molar-refractivity contribution in [3.63, 3.8) is 0 Å². The molecule has 0 radical (unpaired) electrons. The summed E-state index contributed by atoms with van der Waals surface area (Å²) in [6.07, 6.45) is 1.42. The van der Waals surface area contributed by atoms with E-state index in [1.54, 1.807) is 30.3 Å². The Morgan fingerprint density at radius 1 is 0.903 bits per heavy atom. The van der Waals surface area contributed by atoms with E-state index in [9.17, 15) is 9.59 Å². The molecule has 3 aromatic carbocycles. The zero-order valence-corrected chi connectivity index (χ0v) is 16.8. The standard InChI is InChI=1S/C24H20N2O5/c1-29-21-11-9-18(25-24(28)22-7-4-12-30-22)14-20(21)26-23(27)15-31-19-10-8-16-5-2-3-6-17(16)13-19/h2-14H,15H2,1H3,(H,25,28)(H,26,27). The molecule has 0 saturated carbocycles. The van der Waals surface area contributed by atoms with Crippen LogP contribution in [0.1, 0.15) is 10.6 Å². The molecule has 0 aliphatic carbocycles. The van der Waals surface area contributed by atoms with Crippen LogP contribution in [0.2, 0.25) is 0 Å². The number of nitrogens with one attached hydrogen (secondary N) is 2. The summed E-state index contributed by atoms with van der Waals surface area (Å²) in [5.41, 5.74) is 0.889. The first-order chi connectivity index (χ1) is 15.1. The smallest absolute Gasteiger partial charge is 0.291 e. The number of hydrogen-bond acceptors (Lipinski definition) is 5. The van der Waals surface area contributed by atoms with Crippen molar-refractivity contribution in [3.05, 3.63) is 84.8 Å². The summed E-state index contributed by atoms with van der Waals surface area (Å²) in [6, 6.07) is 21.7. The minimum Gasteiger partial charge on any atom is -0.495 e. The van der Waals surface area contributed by atoms with Gasteiger partial charge in [-0.25, -0.2) is 0 Å². The van der Waals surface area contributed by atoms with E-state index in [0.717, 1.165) is 10.8 Å². The van der Waals surface area contributed by atoms with E-state index in [-0.39, 0.29) is 18.3 Å². The van der Waals surface area contributed by atoms with E-state index in [0.29, 0.717) is 22.9 Å². The second-order valence-corrected chi connectivity index (χ2v) is 6.69. The number of ether oxygens (including phenoxy) is 2. The third kappa shape index (κ3) is 4.84. The zero-order chi connectivity index (χ0) is 21.6. The molecule has 0 atom stereocenters. The van der Waals surface area contributed by atoms with Crippen molar-refractivity contribution in [2.75, 3.05) is 24.4 Å². The molecule has 0 saturated heterocycles. The largest absolute Gasteiger partial charge is 0.495 e. The van der Waals surface area contributed by atoms with Crippen molar-refractivity contribution in [1.82, 2.24) is 0 Å². The number of hydrogen-bond donors (Lipinski definition) is 2. The lowest BCUT2D eigenvalue weighted by atomic mass is 10.1. The van der Waals surface area contributed by atoms with Gasteiger partial charge >= 0.3 is 0 Å². The molecule has 0 spiro atoms. The highest BCUT2D eigenvalue weighted by Gasteiger charge is 2.13. The average molecular weight is 416 g/mol. The SMILES string of the molecule is COc1ccc(NC(=O)c2ccco2)cc1NC(=O)COc1ccc2ccccc2c1. The summed E-state index contributed by atoms with van der Waals surface area (Å²) < 4.78 is 16.0. The van der Waals surface area contributed by atoms with Gasteiger partial charge in [0.25, 0.3) is 11.8 Å². The highest BCUT2D eigenvalue weighted by molar-refractivity contribution is 6.03. The molecule has 7 heteroatoms. The summed E-state index contributed by atoms with van der Waals surface area (Å²) in [6.45, 7) is -0.176. The van der Waals surface area contributed by atoms with Crippen LogP contribution in [0.4, 0.5) is 11.4 Å². The third-order valence-electron chi connectivity index (χ3n) is 4.57. The van der Waals surface area contributed by atoms with Crippen LogP contribution in [0.5, 0.6) is 11.5 Å². The van der Waals surface area contributed by atoms with Gasteiger partial charge in [0.2, 0.25) is 0 Å². The average Bonchev–Trinajstić information content (AvgIpc) is 3.33. The lowest BCUT2D eigenvalue weighted by molar-refractivity contribution is -0.118. The summed E-state index contributed by atoms with van der Waals surface area (Å²) in [5, 5.41) is 7.59. The number of methoxy groups -OCH3 is 1. The molecule has 0 fully saturated rings. The van der Waals surface area contributed by atoms with Crippen LogP contribution in [0.25, 0.3) is 10.8 Å². The van der Waals surface area contributed by atoms with Crippen molar-refractivity contribution in [2.24, 2.45) is 0 Å². The van der Waals surface area contributed by atoms with Gasteiger partial charge in [0.1, 0.15) is 11.5 Å². The molecule has 1 heterocycles. The van der Waals surface area contributed by atoms with Crippen LogP contribution in [0.3, 0.4) is 0 Å². The molecule has 0 unspecified atom stereocenters. The molecule has 2 N–H and O–H groups in total. The maximum absolute atomic E-state index is 12.4. The molecule has 31 heavy (non-hydrogen) atoms. The maximum Gasteiger partial charge on any atom is 0.291 e. The van der Waals surface area contributed by atoms with Gasteiger partial charge in [-0.2, -0.15) is 0 Å². The van der Waals surface area contributed by atoms with Crippen molar-refractivity contribution >= 4 is 34.0 Å². The number of carbonyl (C=O) groups excluding carboxylic acids is 2. The summed E-state index contributed by atoms with van der Waals surface area (Å²) in [4.78, 5) is 24.6. The normalized spacial score (nSPS) is 10.5. The predicted octanol–water partition coefficient (Wildman–Crippen LogP) is 4.71. The second kappa shape index (κ2) is 9.04. The number of amides is 2. The Labute approximate surface area is 178 Å². The molecule has 0 aliphatic rings. The fraction of sp³-hybridized carbons (Fsp3) is 0.0833. The van der Waals surface area contributed by atoms with E-state index >= 15 is 0 Å². The fourth-order valence-electron chi connectivity index (χ4n) is 3.08. The van der Waals surface area contributed by atoms with Crippen LogP contribution in [0.15, 0.2) is 83.5 Å². The number of benzene rings is 3. The molecule has 0 aliphatic heterocycles. The van der Waals surface area contributed by atoms with Crippen molar-refractivity contribution in [3.8, 4) is 11.5 Å². The number of carbonyl (C=O) groups is 2. The van der Waals surface area contributed by atoms with Gasteiger partial charge in [-0.3, -0.25) is 9.59 Å². The molecule has 1 aromatic heterocycles. The Bertz CT molecular complexity index is 1220. The highest BCUT2D eigenvalue weighted by Crippen LogP contribution is 2.28. The number of anilines is 2. The first-order valence-electron chi connectivity index (χ1n) is 9.57. The summed E-state index contributed by atoms with van der Waals surface area (Å²) in [7, 11) is 1.50. The Hall–Kier alpha value is -4.26. The number of rotatable bonds is 7. The third-order valence-corrected chi connectivity index (χ3v) is 4.57. The van der Waals surface area contributed by atoms with Gasteiger partial charge < -0.3 is 24.5 Å². The van der Waals surface area contributed by atoms with E-state index in [2.05, 4.69) is 10.6 Å². The minimum atomic E-state index is -0.396. The number of furan rings is 1. The van der Waals surface area contributed by atoms with E-state index in [1.165, 1.54) is 13.4 Å².